The zero-order chi connectivity index (χ0) is 19.1. The topological polar surface area (TPSA) is 48.3 Å². The maximum Gasteiger partial charge on any atom is 0.204 e. The molecule has 152 valence electrons. The highest BCUT2D eigenvalue weighted by Gasteiger charge is 2.44. The van der Waals surface area contributed by atoms with Crippen molar-refractivity contribution in [1.29, 1.82) is 0 Å². The number of hydrogen-bond acceptors (Lipinski definition) is 4. The van der Waals surface area contributed by atoms with E-state index in [0.29, 0.717) is 23.9 Å². The summed E-state index contributed by atoms with van der Waals surface area (Å²) in [6.07, 6.45) is 8.25. The van der Waals surface area contributed by atoms with Gasteiger partial charge < -0.3 is 19.4 Å². The third-order valence-electron chi connectivity index (χ3n) is 6.93. The summed E-state index contributed by atoms with van der Waals surface area (Å²) in [5.74, 6) is 1.89. The van der Waals surface area contributed by atoms with Crippen LogP contribution in [0.3, 0.4) is 0 Å². The summed E-state index contributed by atoms with van der Waals surface area (Å²) in [4.78, 5) is 4.89. The van der Waals surface area contributed by atoms with Crippen molar-refractivity contribution in [3.8, 4) is 0 Å². The number of para-hydroxylation sites is 2. The molecule has 5 nitrogen and oxygen atoms in total. The molecule has 3 fully saturated rings. The Morgan fingerprint density at radius 1 is 1.04 bits per heavy atom. The van der Waals surface area contributed by atoms with Crippen LogP contribution >= 0.6 is 0 Å². The molecule has 5 rings (SSSR count). The molecule has 5 heteroatoms. The van der Waals surface area contributed by atoms with E-state index < -0.39 is 0 Å². The minimum atomic E-state index is -0.274. The SMILES string of the molecule is CC(C)Nc1nc2ccccc2n1C1CC2COC3(CCCCC3)OCC2C1. The third-order valence-corrected chi connectivity index (χ3v) is 6.93. The van der Waals surface area contributed by atoms with Gasteiger partial charge in [0.2, 0.25) is 5.95 Å². The van der Waals surface area contributed by atoms with Gasteiger partial charge in [-0.05, 0) is 63.5 Å². The van der Waals surface area contributed by atoms with E-state index in [0.717, 1.165) is 50.4 Å². The summed E-state index contributed by atoms with van der Waals surface area (Å²) < 4.78 is 15.3. The Hall–Kier alpha value is -1.59. The van der Waals surface area contributed by atoms with Crippen molar-refractivity contribution in [2.75, 3.05) is 18.5 Å². The number of benzene rings is 1. The van der Waals surface area contributed by atoms with Crippen LogP contribution in [0.2, 0.25) is 0 Å². The normalized spacial score (nSPS) is 29.9. The van der Waals surface area contributed by atoms with Crippen LogP contribution in [0, 0.1) is 11.8 Å². The maximum atomic E-state index is 6.43. The first kappa shape index (κ1) is 18.4. The summed E-state index contributed by atoms with van der Waals surface area (Å²) in [6.45, 7) is 6.04. The number of nitrogens with zero attached hydrogens (tertiary/aromatic N) is 2. The Balaban J connectivity index is 1.38. The lowest BCUT2D eigenvalue weighted by molar-refractivity contribution is -0.244. The molecule has 1 aromatic carbocycles. The van der Waals surface area contributed by atoms with Gasteiger partial charge in [0.1, 0.15) is 0 Å². The first-order valence-electron chi connectivity index (χ1n) is 11.1. The van der Waals surface area contributed by atoms with Crippen LogP contribution in [0.5, 0.6) is 0 Å². The van der Waals surface area contributed by atoms with E-state index in [1.165, 1.54) is 24.8 Å². The molecule has 0 bridgehead atoms. The van der Waals surface area contributed by atoms with Crippen LogP contribution in [-0.2, 0) is 9.47 Å². The van der Waals surface area contributed by atoms with Gasteiger partial charge in [0.05, 0.1) is 24.2 Å². The van der Waals surface area contributed by atoms with E-state index >= 15 is 0 Å². The highest BCUT2D eigenvalue weighted by atomic mass is 16.7. The molecule has 2 unspecified atom stereocenters. The minimum Gasteiger partial charge on any atom is -0.353 e. The van der Waals surface area contributed by atoms with Gasteiger partial charge in [-0.25, -0.2) is 4.98 Å². The number of nitrogens with one attached hydrogen (secondary N) is 1. The van der Waals surface area contributed by atoms with Gasteiger partial charge in [-0.3, -0.25) is 0 Å². The lowest BCUT2D eigenvalue weighted by Gasteiger charge is -2.36. The van der Waals surface area contributed by atoms with Crippen molar-refractivity contribution < 1.29 is 9.47 Å². The predicted octanol–water partition coefficient (Wildman–Crippen LogP) is 5.13. The van der Waals surface area contributed by atoms with Crippen molar-refractivity contribution in [1.82, 2.24) is 9.55 Å². The number of aromatic nitrogens is 2. The number of imidazole rings is 1. The molecule has 1 aromatic heterocycles. The van der Waals surface area contributed by atoms with Crippen molar-refractivity contribution in [3.63, 3.8) is 0 Å². The molecule has 3 aliphatic rings. The number of anilines is 1. The lowest BCUT2D eigenvalue weighted by Crippen LogP contribution is -2.38. The first-order chi connectivity index (χ1) is 13.6. The van der Waals surface area contributed by atoms with Crippen molar-refractivity contribution in [2.24, 2.45) is 11.8 Å². The molecular weight excluding hydrogens is 350 g/mol. The van der Waals surface area contributed by atoms with Gasteiger partial charge in [0.25, 0.3) is 0 Å². The molecular formula is C23H33N3O2. The van der Waals surface area contributed by atoms with E-state index in [1.54, 1.807) is 0 Å². The molecule has 2 aliphatic carbocycles. The fraction of sp³-hybridized carbons (Fsp3) is 0.696. The lowest BCUT2D eigenvalue weighted by atomic mass is 9.94. The summed E-state index contributed by atoms with van der Waals surface area (Å²) >= 11 is 0. The van der Waals surface area contributed by atoms with Crippen molar-refractivity contribution in [2.45, 2.75) is 76.7 Å². The van der Waals surface area contributed by atoms with Crippen LogP contribution in [-0.4, -0.2) is 34.6 Å². The summed E-state index contributed by atoms with van der Waals surface area (Å²) in [5.41, 5.74) is 2.31. The van der Waals surface area contributed by atoms with Gasteiger partial charge in [0.15, 0.2) is 5.79 Å². The standard InChI is InChI=1S/C23H33N3O2/c1-16(2)24-22-25-20-8-4-5-9-21(20)26(22)19-12-17-14-27-23(10-6-3-7-11-23)28-15-18(17)13-19/h4-5,8-9,16-19H,3,6-7,10-15H2,1-2H3,(H,24,25). The van der Waals surface area contributed by atoms with Gasteiger partial charge in [-0.15, -0.1) is 0 Å². The molecule has 28 heavy (non-hydrogen) atoms. The molecule has 0 radical (unpaired) electrons. The first-order valence-corrected chi connectivity index (χ1v) is 11.1. The van der Waals surface area contributed by atoms with Crippen LogP contribution in [0.1, 0.15) is 64.8 Å². The fourth-order valence-electron chi connectivity index (χ4n) is 5.51. The number of hydrogen-bond donors (Lipinski definition) is 1. The van der Waals surface area contributed by atoms with E-state index in [1.807, 2.05) is 0 Å². The van der Waals surface area contributed by atoms with E-state index in [-0.39, 0.29) is 5.79 Å². The highest BCUT2D eigenvalue weighted by Crippen LogP contribution is 2.46. The summed E-state index contributed by atoms with van der Waals surface area (Å²) in [7, 11) is 0. The van der Waals surface area contributed by atoms with E-state index in [4.69, 9.17) is 14.5 Å². The molecule has 1 aliphatic heterocycles. The fourth-order valence-corrected chi connectivity index (χ4v) is 5.51. The van der Waals surface area contributed by atoms with E-state index in [2.05, 4.69) is 48.0 Å². The van der Waals surface area contributed by atoms with Gasteiger partial charge in [0, 0.05) is 24.9 Å². The van der Waals surface area contributed by atoms with Crippen LogP contribution in [0.4, 0.5) is 5.95 Å². The molecule has 1 N–H and O–H groups in total. The van der Waals surface area contributed by atoms with Gasteiger partial charge >= 0.3 is 0 Å². The maximum absolute atomic E-state index is 6.43. The van der Waals surface area contributed by atoms with Gasteiger partial charge in [-0.1, -0.05) is 18.6 Å². The zero-order valence-corrected chi connectivity index (χ0v) is 17.2. The Morgan fingerprint density at radius 3 is 2.39 bits per heavy atom. The zero-order valence-electron chi connectivity index (χ0n) is 17.2. The number of ether oxygens (including phenoxy) is 2. The molecule has 2 aromatic rings. The van der Waals surface area contributed by atoms with Crippen LogP contribution in [0.15, 0.2) is 24.3 Å². The van der Waals surface area contributed by atoms with Crippen molar-refractivity contribution in [3.05, 3.63) is 24.3 Å². The van der Waals surface area contributed by atoms with Crippen LogP contribution in [0.25, 0.3) is 11.0 Å². The minimum absolute atomic E-state index is 0.274. The Labute approximate surface area is 167 Å². The molecule has 1 spiro atoms. The molecule has 2 atom stereocenters. The second-order valence-electron chi connectivity index (χ2n) is 9.33. The Bertz CT molecular complexity index is 806. The van der Waals surface area contributed by atoms with Gasteiger partial charge in [-0.2, -0.15) is 0 Å². The molecule has 2 saturated carbocycles. The Morgan fingerprint density at radius 2 is 1.71 bits per heavy atom. The highest BCUT2D eigenvalue weighted by molar-refractivity contribution is 5.79. The molecule has 2 heterocycles. The summed E-state index contributed by atoms with van der Waals surface area (Å²) in [5, 5.41) is 3.57. The van der Waals surface area contributed by atoms with Crippen LogP contribution < -0.4 is 5.32 Å². The second kappa shape index (κ2) is 7.34. The predicted molar refractivity (Wildman–Crippen MR) is 111 cm³/mol. The van der Waals surface area contributed by atoms with Crippen molar-refractivity contribution >= 4 is 17.0 Å². The number of rotatable bonds is 3. The molecule has 0 amide bonds. The third kappa shape index (κ3) is 3.33. The monoisotopic (exact) mass is 383 g/mol. The largest absolute Gasteiger partial charge is 0.353 e. The average Bonchev–Trinajstić information content (AvgIpc) is 3.21. The number of fused-ring (bicyclic) bond motifs is 2. The smallest absolute Gasteiger partial charge is 0.204 e. The Kier molecular flexibility index (Phi) is 4.84. The molecule has 1 saturated heterocycles. The summed E-state index contributed by atoms with van der Waals surface area (Å²) in [6, 6.07) is 9.32. The quantitative estimate of drug-likeness (QED) is 0.798. The second-order valence-corrected chi connectivity index (χ2v) is 9.33. The average molecular weight is 384 g/mol. The van der Waals surface area contributed by atoms with E-state index in [9.17, 15) is 0 Å².